The van der Waals surface area contributed by atoms with Crippen LogP contribution in [0.1, 0.15) is 18.4 Å². The number of carbonyl (C=O) groups excluding carboxylic acids is 1. The van der Waals surface area contributed by atoms with Crippen molar-refractivity contribution in [2.75, 3.05) is 33.9 Å². The first-order valence-corrected chi connectivity index (χ1v) is 7.47. The standard InChI is InChI=1S/C16H24N2O4/c1-21-13-5-3-12(9-14(13)22-2)4-6-15(19)18-11-16(20)7-8-17-10-16/h3,5,9,17,20H,4,6-8,10-11H2,1-2H3,(H,18,19)/t16-/m0/s1. The van der Waals surface area contributed by atoms with E-state index in [-0.39, 0.29) is 5.91 Å². The second-order valence-corrected chi connectivity index (χ2v) is 5.62. The molecular formula is C16H24N2O4. The van der Waals surface area contributed by atoms with E-state index in [0.717, 1.165) is 12.1 Å². The number of carbonyl (C=O) groups is 1. The van der Waals surface area contributed by atoms with Gasteiger partial charge in [0.2, 0.25) is 5.91 Å². The summed E-state index contributed by atoms with van der Waals surface area (Å²) < 4.78 is 10.4. The zero-order chi connectivity index (χ0) is 16.0. The SMILES string of the molecule is COc1ccc(CCC(=O)NC[C@]2(O)CCNC2)cc1OC. The summed E-state index contributed by atoms with van der Waals surface area (Å²) in [6.45, 7) is 1.62. The van der Waals surface area contributed by atoms with E-state index >= 15 is 0 Å². The maximum atomic E-state index is 11.9. The first-order valence-electron chi connectivity index (χ1n) is 7.47. The van der Waals surface area contributed by atoms with E-state index in [0.29, 0.717) is 43.9 Å². The van der Waals surface area contributed by atoms with E-state index in [9.17, 15) is 9.90 Å². The van der Waals surface area contributed by atoms with Crippen molar-refractivity contribution in [1.82, 2.24) is 10.6 Å². The highest BCUT2D eigenvalue weighted by atomic mass is 16.5. The van der Waals surface area contributed by atoms with Crippen molar-refractivity contribution in [2.45, 2.75) is 24.9 Å². The third-order valence-corrected chi connectivity index (χ3v) is 3.92. The van der Waals surface area contributed by atoms with Crippen LogP contribution in [0.15, 0.2) is 18.2 Å². The normalized spacial score (nSPS) is 20.7. The molecule has 1 aliphatic heterocycles. The zero-order valence-electron chi connectivity index (χ0n) is 13.1. The minimum absolute atomic E-state index is 0.0601. The van der Waals surface area contributed by atoms with Crippen LogP contribution in [0.4, 0.5) is 0 Å². The highest BCUT2D eigenvalue weighted by Crippen LogP contribution is 2.27. The van der Waals surface area contributed by atoms with Crippen LogP contribution in [-0.4, -0.2) is 50.5 Å². The Hall–Kier alpha value is -1.79. The summed E-state index contributed by atoms with van der Waals surface area (Å²) in [7, 11) is 3.18. The minimum Gasteiger partial charge on any atom is -0.493 e. The fourth-order valence-corrected chi connectivity index (χ4v) is 2.53. The Morgan fingerprint density at radius 2 is 2.14 bits per heavy atom. The molecule has 3 N–H and O–H groups in total. The summed E-state index contributed by atoms with van der Waals surface area (Å²) in [5.74, 6) is 1.27. The molecule has 0 aliphatic carbocycles. The predicted octanol–water partition coefficient (Wildman–Crippen LogP) is 0.477. The number of hydrogen-bond acceptors (Lipinski definition) is 5. The van der Waals surface area contributed by atoms with Gasteiger partial charge in [0.15, 0.2) is 11.5 Å². The summed E-state index contributed by atoms with van der Waals surface area (Å²) in [6, 6.07) is 5.63. The second-order valence-electron chi connectivity index (χ2n) is 5.62. The number of nitrogens with one attached hydrogen (secondary N) is 2. The Morgan fingerprint density at radius 3 is 2.77 bits per heavy atom. The van der Waals surface area contributed by atoms with Gasteiger partial charge in [-0.1, -0.05) is 6.07 Å². The van der Waals surface area contributed by atoms with Crippen LogP contribution < -0.4 is 20.1 Å². The molecule has 1 aliphatic rings. The first kappa shape index (κ1) is 16.6. The molecule has 1 aromatic carbocycles. The molecule has 0 bridgehead atoms. The molecule has 1 saturated heterocycles. The molecule has 0 spiro atoms. The molecule has 6 nitrogen and oxygen atoms in total. The van der Waals surface area contributed by atoms with Crippen LogP contribution in [0.2, 0.25) is 0 Å². The van der Waals surface area contributed by atoms with Gasteiger partial charge >= 0.3 is 0 Å². The summed E-state index contributed by atoms with van der Waals surface area (Å²) in [5, 5.41) is 16.0. The maximum Gasteiger partial charge on any atom is 0.220 e. The van der Waals surface area contributed by atoms with E-state index in [1.54, 1.807) is 14.2 Å². The Morgan fingerprint density at radius 1 is 1.36 bits per heavy atom. The molecule has 1 heterocycles. The average Bonchev–Trinajstić information content (AvgIpc) is 2.97. The molecular weight excluding hydrogens is 284 g/mol. The molecule has 1 aromatic rings. The van der Waals surface area contributed by atoms with Gasteiger partial charge < -0.3 is 25.2 Å². The van der Waals surface area contributed by atoms with Crippen LogP contribution in [0.3, 0.4) is 0 Å². The lowest BCUT2D eigenvalue weighted by Crippen LogP contribution is -2.44. The fourth-order valence-electron chi connectivity index (χ4n) is 2.53. The van der Waals surface area contributed by atoms with Crippen LogP contribution in [-0.2, 0) is 11.2 Å². The summed E-state index contributed by atoms with van der Waals surface area (Å²) in [4.78, 5) is 11.9. The van der Waals surface area contributed by atoms with E-state index in [1.165, 1.54) is 0 Å². The molecule has 0 aromatic heterocycles. The third-order valence-electron chi connectivity index (χ3n) is 3.92. The number of ether oxygens (including phenoxy) is 2. The molecule has 0 saturated carbocycles. The number of aliphatic hydroxyl groups is 1. The first-order chi connectivity index (χ1) is 10.6. The van der Waals surface area contributed by atoms with Gasteiger partial charge in [-0.05, 0) is 37.1 Å². The lowest BCUT2D eigenvalue weighted by atomic mass is 10.0. The molecule has 0 unspecified atom stereocenters. The van der Waals surface area contributed by atoms with E-state index < -0.39 is 5.60 Å². The molecule has 1 atom stereocenters. The monoisotopic (exact) mass is 308 g/mol. The third kappa shape index (κ3) is 4.35. The van der Waals surface area contributed by atoms with Crippen LogP contribution in [0, 0.1) is 0 Å². The molecule has 22 heavy (non-hydrogen) atoms. The van der Waals surface area contributed by atoms with E-state index in [2.05, 4.69) is 10.6 Å². The smallest absolute Gasteiger partial charge is 0.220 e. The molecule has 1 fully saturated rings. The number of aryl methyl sites for hydroxylation is 1. The van der Waals surface area contributed by atoms with Crippen molar-refractivity contribution < 1.29 is 19.4 Å². The molecule has 1 amide bonds. The zero-order valence-corrected chi connectivity index (χ0v) is 13.1. The Balaban J connectivity index is 1.80. The van der Waals surface area contributed by atoms with Gasteiger partial charge in [0, 0.05) is 19.5 Å². The second kappa shape index (κ2) is 7.47. The minimum atomic E-state index is -0.807. The van der Waals surface area contributed by atoms with Gasteiger partial charge in [0.1, 0.15) is 0 Å². The predicted molar refractivity (Wildman–Crippen MR) is 83.3 cm³/mol. The van der Waals surface area contributed by atoms with Crippen molar-refractivity contribution in [2.24, 2.45) is 0 Å². The molecule has 122 valence electrons. The van der Waals surface area contributed by atoms with Gasteiger partial charge in [-0.2, -0.15) is 0 Å². The summed E-state index contributed by atoms with van der Waals surface area (Å²) >= 11 is 0. The number of methoxy groups -OCH3 is 2. The van der Waals surface area contributed by atoms with E-state index in [1.807, 2.05) is 18.2 Å². The highest BCUT2D eigenvalue weighted by Gasteiger charge is 2.31. The largest absolute Gasteiger partial charge is 0.493 e. The number of rotatable bonds is 7. The highest BCUT2D eigenvalue weighted by molar-refractivity contribution is 5.76. The number of benzene rings is 1. The van der Waals surface area contributed by atoms with E-state index in [4.69, 9.17) is 9.47 Å². The fraction of sp³-hybridized carbons (Fsp3) is 0.562. The van der Waals surface area contributed by atoms with Gasteiger partial charge in [-0.25, -0.2) is 0 Å². The van der Waals surface area contributed by atoms with Gasteiger partial charge in [-0.15, -0.1) is 0 Å². The van der Waals surface area contributed by atoms with Crippen molar-refractivity contribution in [3.8, 4) is 11.5 Å². The Bertz CT molecular complexity index is 513. The van der Waals surface area contributed by atoms with Crippen molar-refractivity contribution in [1.29, 1.82) is 0 Å². The Kier molecular flexibility index (Phi) is 5.63. The number of hydrogen-bond donors (Lipinski definition) is 3. The number of β-amino-alcohol motifs (C(OH)–C–C–N with tert-alkyl or cyclic N) is 1. The van der Waals surface area contributed by atoms with Crippen molar-refractivity contribution in [3.63, 3.8) is 0 Å². The van der Waals surface area contributed by atoms with Crippen LogP contribution >= 0.6 is 0 Å². The van der Waals surface area contributed by atoms with Gasteiger partial charge in [-0.3, -0.25) is 4.79 Å². The lowest BCUT2D eigenvalue weighted by Gasteiger charge is -2.21. The molecule has 6 heteroatoms. The van der Waals surface area contributed by atoms with Crippen LogP contribution in [0.5, 0.6) is 11.5 Å². The quantitative estimate of drug-likeness (QED) is 0.683. The molecule has 0 radical (unpaired) electrons. The topological polar surface area (TPSA) is 79.8 Å². The lowest BCUT2D eigenvalue weighted by molar-refractivity contribution is -0.122. The van der Waals surface area contributed by atoms with Gasteiger partial charge in [0.05, 0.1) is 19.8 Å². The Labute approximate surface area is 130 Å². The maximum absolute atomic E-state index is 11.9. The van der Waals surface area contributed by atoms with Crippen LogP contribution in [0.25, 0.3) is 0 Å². The van der Waals surface area contributed by atoms with Crippen molar-refractivity contribution in [3.05, 3.63) is 23.8 Å². The summed E-state index contributed by atoms with van der Waals surface area (Å²) in [6.07, 6.45) is 1.66. The van der Waals surface area contributed by atoms with Crippen molar-refractivity contribution >= 4 is 5.91 Å². The van der Waals surface area contributed by atoms with Gasteiger partial charge in [0.25, 0.3) is 0 Å². The average molecular weight is 308 g/mol. The molecule has 2 rings (SSSR count). The summed E-state index contributed by atoms with van der Waals surface area (Å²) in [5.41, 5.74) is 0.202. The number of amides is 1.